The number of alkyl halides is 3. The van der Waals surface area contributed by atoms with Crippen LogP contribution in [0.5, 0.6) is 0 Å². The molecule has 4 nitrogen and oxygen atoms in total. The van der Waals surface area contributed by atoms with Gasteiger partial charge in [-0.3, -0.25) is 9.48 Å². The molecular formula is C14H18F3N3O. The molecule has 0 saturated carbocycles. The van der Waals surface area contributed by atoms with Gasteiger partial charge < -0.3 is 4.90 Å². The molecule has 0 saturated heterocycles. The van der Waals surface area contributed by atoms with E-state index in [1.165, 1.54) is 0 Å². The largest absolute Gasteiger partial charge is 0.408 e. The molecule has 0 bridgehead atoms. The van der Waals surface area contributed by atoms with E-state index >= 15 is 0 Å². The fourth-order valence-corrected chi connectivity index (χ4v) is 2.64. The molecule has 0 aliphatic heterocycles. The van der Waals surface area contributed by atoms with Crippen molar-refractivity contribution < 1.29 is 18.0 Å². The lowest BCUT2D eigenvalue weighted by atomic mass is 10.1. The molecule has 1 aliphatic rings. The Labute approximate surface area is 121 Å². The highest BCUT2D eigenvalue weighted by molar-refractivity contribution is 5.87. The monoisotopic (exact) mass is 301 g/mol. The van der Waals surface area contributed by atoms with Crippen molar-refractivity contribution in [2.45, 2.75) is 44.9 Å². The summed E-state index contributed by atoms with van der Waals surface area (Å²) in [6, 6.07) is -1.87. The highest BCUT2D eigenvalue weighted by Gasteiger charge is 2.42. The molecule has 0 fully saturated rings. The summed E-state index contributed by atoms with van der Waals surface area (Å²) in [5, 5.41) is 4.32. The number of hydrogen-bond donors (Lipinski definition) is 0. The average molecular weight is 301 g/mol. The molecule has 1 aromatic rings. The molecule has 0 N–H and O–H groups in total. The Morgan fingerprint density at radius 2 is 2.19 bits per heavy atom. The van der Waals surface area contributed by atoms with E-state index in [-0.39, 0.29) is 6.54 Å². The first-order chi connectivity index (χ1) is 9.75. The number of rotatable bonds is 4. The van der Waals surface area contributed by atoms with Crippen LogP contribution < -0.4 is 0 Å². The van der Waals surface area contributed by atoms with Crippen molar-refractivity contribution in [3.63, 3.8) is 0 Å². The predicted octanol–water partition coefficient (Wildman–Crippen LogP) is 2.37. The Morgan fingerprint density at radius 3 is 2.76 bits per heavy atom. The fourth-order valence-electron chi connectivity index (χ4n) is 2.64. The van der Waals surface area contributed by atoms with E-state index in [4.69, 9.17) is 0 Å². The zero-order valence-electron chi connectivity index (χ0n) is 12.1. The minimum Gasteiger partial charge on any atom is -0.321 e. The number of hydrogen-bond acceptors (Lipinski definition) is 2. The maximum absolute atomic E-state index is 12.9. The second-order valence-electron chi connectivity index (χ2n) is 5.24. The van der Waals surface area contributed by atoms with E-state index in [0.29, 0.717) is 5.69 Å². The summed E-state index contributed by atoms with van der Waals surface area (Å²) in [6.07, 6.45) is -0.961. The zero-order chi connectivity index (χ0) is 15.8. The van der Waals surface area contributed by atoms with Gasteiger partial charge in [-0.25, -0.2) is 0 Å². The Kier molecular flexibility index (Phi) is 4.11. The van der Waals surface area contributed by atoms with Crippen molar-refractivity contribution >= 4 is 5.91 Å². The van der Waals surface area contributed by atoms with Crippen LogP contribution in [0.2, 0.25) is 0 Å². The summed E-state index contributed by atoms with van der Waals surface area (Å²) in [4.78, 5) is 12.6. The third-order valence-electron chi connectivity index (χ3n) is 3.92. The second kappa shape index (κ2) is 5.54. The van der Waals surface area contributed by atoms with Gasteiger partial charge in [0.2, 0.25) is 5.91 Å². The van der Waals surface area contributed by atoms with Gasteiger partial charge in [0.1, 0.15) is 6.04 Å². The van der Waals surface area contributed by atoms with E-state index in [1.807, 2.05) is 0 Å². The van der Waals surface area contributed by atoms with E-state index in [9.17, 15) is 18.0 Å². The van der Waals surface area contributed by atoms with E-state index in [1.54, 1.807) is 11.7 Å². The molecule has 0 spiro atoms. The van der Waals surface area contributed by atoms with Crippen LogP contribution in [0.15, 0.2) is 12.7 Å². The van der Waals surface area contributed by atoms with Crippen LogP contribution in [0.3, 0.4) is 0 Å². The standard InChI is InChI=1S/C14H18F3N3O/c1-4-13(21)20(9(2)14(15,16)17)8-12-10-6-5-7-11(10)18-19(12)3/h4,9H,1,5-8H2,2-3H3/t9-/m1/s1. The quantitative estimate of drug-likeness (QED) is 0.801. The molecule has 0 radical (unpaired) electrons. The number of halogens is 3. The van der Waals surface area contributed by atoms with Crippen molar-refractivity contribution in [2.24, 2.45) is 7.05 Å². The summed E-state index contributed by atoms with van der Waals surface area (Å²) in [5.41, 5.74) is 2.58. The third-order valence-corrected chi connectivity index (χ3v) is 3.92. The summed E-state index contributed by atoms with van der Waals surface area (Å²) in [7, 11) is 1.70. The lowest BCUT2D eigenvalue weighted by Gasteiger charge is -2.30. The highest BCUT2D eigenvalue weighted by Crippen LogP contribution is 2.29. The number of carbonyl (C=O) groups is 1. The van der Waals surface area contributed by atoms with Crippen LogP contribution in [-0.4, -0.2) is 32.8 Å². The predicted molar refractivity (Wildman–Crippen MR) is 71.5 cm³/mol. The van der Waals surface area contributed by atoms with Crippen LogP contribution in [0.25, 0.3) is 0 Å². The van der Waals surface area contributed by atoms with Crippen molar-refractivity contribution in [2.75, 3.05) is 0 Å². The lowest BCUT2D eigenvalue weighted by molar-refractivity contribution is -0.185. The molecule has 1 aromatic heterocycles. The molecule has 0 unspecified atom stereocenters. The zero-order valence-corrected chi connectivity index (χ0v) is 12.1. The lowest BCUT2D eigenvalue weighted by Crippen LogP contribution is -2.46. The number of carbonyl (C=O) groups excluding carboxylic acids is 1. The summed E-state index contributed by atoms with van der Waals surface area (Å²) in [6.45, 7) is 4.17. The topological polar surface area (TPSA) is 38.1 Å². The average Bonchev–Trinajstić information content (AvgIpc) is 2.95. The summed E-state index contributed by atoms with van der Waals surface area (Å²) >= 11 is 0. The second-order valence-corrected chi connectivity index (χ2v) is 5.24. The molecule has 0 aromatic carbocycles. The SMILES string of the molecule is C=CC(=O)N(Cc1c2c(nn1C)CCC2)[C@H](C)C(F)(F)F. The minimum absolute atomic E-state index is 0.107. The maximum atomic E-state index is 12.9. The fraction of sp³-hybridized carbons (Fsp3) is 0.571. The van der Waals surface area contributed by atoms with Crippen LogP contribution in [0, 0.1) is 0 Å². The van der Waals surface area contributed by atoms with E-state index in [0.717, 1.165) is 48.4 Å². The van der Waals surface area contributed by atoms with Crippen LogP contribution >= 0.6 is 0 Å². The van der Waals surface area contributed by atoms with Crippen LogP contribution in [0.1, 0.15) is 30.3 Å². The Morgan fingerprint density at radius 1 is 1.52 bits per heavy atom. The Hall–Kier alpha value is -1.79. The van der Waals surface area contributed by atoms with Crippen LogP contribution in [0.4, 0.5) is 13.2 Å². The molecule has 1 heterocycles. The highest BCUT2D eigenvalue weighted by atomic mass is 19.4. The summed E-state index contributed by atoms with van der Waals surface area (Å²) in [5.74, 6) is -0.729. The number of amides is 1. The molecule has 21 heavy (non-hydrogen) atoms. The van der Waals surface area contributed by atoms with Gasteiger partial charge in [0.05, 0.1) is 17.9 Å². The van der Waals surface area contributed by atoms with Gasteiger partial charge in [-0.2, -0.15) is 18.3 Å². The third kappa shape index (κ3) is 2.96. The minimum atomic E-state index is -4.47. The summed E-state index contributed by atoms with van der Waals surface area (Å²) < 4.78 is 40.4. The van der Waals surface area contributed by atoms with Gasteiger partial charge in [-0.15, -0.1) is 0 Å². The van der Waals surface area contributed by atoms with Crippen LogP contribution in [-0.2, 0) is 31.2 Å². The van der Waals surface area contributed by atoms with Crippen molar-refractivity contribution in [1.82, 2.24) is 14.7 Å². The molecule has 1 atom stereocenters. The van der Waals surface area contributed by atoms with E-state index in [2.05, 4.69) is 11.7 Å². The number of aromatic nitrogens is 2. The number of aryl methyl sites for hydroxylation is 2. The van der Waals surface area contributed by atoms with Gasteiger partial charge >= 0.3 is 6.18 Å². The van der Waals surface area contributed by atoms with Gasteiger partial charge in [0.15, 0.2) is 0 Å². The number of nitrogens with zero attached hydrogens (tertiary/aromatic N) is 3. The molecule has 116 valence electrons. The van der Waals surface area contributed by atoms with Gasteiger partial charge in [0.25, 0.3) is 0 Å². The molecule has 2 rings (SSSR count). The van der Waals surface area contributed by atoms with Crippen molar-refractivity contribution in [3.05, 3.63) is 29.6 Å². The molecule has 1 aliphatic carbocycles. The Bertz CT molecular complexity index is 563. The molecule has 1 amide bonds. The van der Waals surface area contributed by atoms with E-state index < -0.39 is 18.1 Å². The molecular weight excluding hydrogens is 283 g/mol. The first-order valence-electron chi connectivity index (χ1n) is 6.79. The van der Waals surface area contributed by atoms with Gasteiger partial charge in [-0.05, 0) is 37.8 Å². The first kappa shape index (κ1) is 15.6. The van der Waals surface area contributed by atoms with Gasteiger partial charge in [-0.1, -0.05) is 6.58 Å². The van der Waals surface area contributed by atoms with Crippen molar-refractivity contribution in [3.8, 4) is 0 Å². The first-order valence-corrected chi connectivity index (χ1v) is 6.79. The van der Waals surface area contributed by atoms with Gasteiger partial charge in [0, 0.05) is 7.05 Å². The molecule has 7 heteroatoms. The smallest absolute Gasteiger partial charge is 0.321 e. The van der Waals surface area contributed by atoms with Crippen molar-refractivity contribution in [1.29, 1.82) is 0 Å². The number of fused-ring (bicyclic) bond motifs is 1. The Balaban J connectivity index is 2.32. The maximum Gasteiger partial charge on any atom is 0.408 e. The normalized spacial score (nSPS) is 15.7.